The van der Waals surface area contributed by atoms with Gasteiger partial charge in [0.1, 0.15) is 11.5 Å². The maximum atomic E-state index is 14.4. The molecule has 4 aromatic rings. The van der Waals surface area contributed by atoms with Crippen molar-refractivity contribution in [2.45, 2.75) is 40.7 Å². The number of rotatable bonds is 5. The van der Waals surface area contributed by atoms with Crippen LogP contribution in [0.25, 0.3) is 21.9 Å². The summed E-state index contributed by atoms with van der Waals surface area (Å²) in [6.07, 6.45) is 3.01. The van der Waals surface area contributed by atoms with Gasteiger partial charge in [-0.2, -0.15) is 0 Å². The molecule has 4 unspecified atom stereocenters. The Morgan fingerprint density at radius 3 is 2.85 bits per heavy atom. The lowest BCUT2D eigenvalue weighted by Crippen LogP contribution is -2.44. The lowest BCUT2D eigenvalue weighted by molar-refractivity contribution is 0.0691. The predicted octanol–water partition coefficient (Wildman–Crippen LogP) is 4.44. The maximum Gasteiger partial charge on any atom is 0.355 e. The molecule has 0 saturated heterocycles. The SMILES string of the molecule is CNc1cc(F)cc2c1[nH]c1nc(Sc3nc(C(=O)O)cs3)nc(C3CC4CC(N)C4C3)c12. The third-order valence-electron chi connectivity index (χ3n) is 6.94. The van der Waals surface area contributed by atoms with Gasteiger partial charge < -0.3 is 21.1 Å². The summed E-state index contributed by atoms with van der Waals surface area (Å²) in [6, 6.07) is 3.23. The van der Waals surface area contributed by atoms with Gasteiger partial charge in [-0.05, 0) is 55.0 Å². The lowest BCUT2D eigenvalue weighted by Gasteiger charge is -2.37. The zero-order chi connectivity index (χ0) is 22.9. The summed E-state index contributed by atoms with van der Waals surface area (Å²) in [5, 5.41) is 15.8. The van der Waals surface area contributed by atoms with Crippen LogP contribution >= 0.6 is 23.1 Å². The van der Waals surface area contributed by atoms with Crippen molar-refractivity contribution in [1.82, 2.24) is 19.9 Å². The fourth-order valence-electron chi connectivity index (χ4n) is 5.39. The first-order chi connectivity index (χ1) is 15.9. The molecule has 5 N–H and O–H groups in total. The summed E-state index contributed by atoms with van der Waals surface area (Å²) in [6.45, 7) is 0. The molecule has 4 atom stereocenters. The van der Waals surface area contributed by atoms with Crippen LogP contribution < -0.4 is 11.1 Å². The highest BCUT2D eigenvalue weighted by Crippen LogP contribution is 2.53. The number of hydrogen-bond donors (Lipinski definition) is 4. The number of aromatic carboxylic acids is 1. The Balaban J connectivity index is 1.51. The molecule has 0 radical (unpaired) electrons. The number of nitrogens with zero attached hydrogens (tertiary/aromatic N) is 3. The van der Waals surface area contributed by atoms with Gasteiger partial charge in [0.05, 0.1) is 16.9 Å². The highest BCUT2D eigenvalue weighted by Gasteiger charge is 2.47. The number of hydrogen-bond acceptors (Lipinski definition) is 8. The quantitative estimate of drug-likeness (QED) is 0.306. The molecule has 3 aromatic heterocycles. The standard InChI is InChI=1S/C22H21FN6O2S2/c1-25-14-6-10(23)5-12-16-17(9-2-8-4-13(24)11(8)3-9)28-21(29-19(16)27-18(12)14)33-22-26-15(7-32-22)20(30)31/h5-9,11,13,25H,2-4,24H2,1H3,(H,30,31)(H,27,28,29). The first kappa shape index (κ1) is 20.8. The van der Waals surface area contributed by atoms with Crippen LogP contribution in [-0.4, -0.2) is 44.1 Å². The van der Waals surface area contributed by atoms with Crippen molar-refractivity contribution in [1.29, 1.82) is 0 Å². The molecule has 2 saturated carbocycles. The fourth-order valence-corrected chi connectivity index (χ4v) is 7.05. The van der Waals surface area contributed by atoms with Crippen molar-refractivity contribution in [2.75, 3.05) is 12.4 Å². The largest absolute Gasteiger partial charge is 0.476 e. The Morgan fingerprint density at radius 1 is 1.30 bits per heavy atom. The van der Waals surface area contributed by atoms with Crippen LogP contribution in [0.15, 0.2) is 27.0 Å². The average molecular weight is 485 g/mol. The van der Waals surface area contributed by atoms with Gasteiger partial charge in [-0.15, -0.1) is 11.3 Å². The van der Waals surface area contributed by atoms with Crippen LogP contribution in [0.5, 0.6) is 0 Å². The van der Waals surface area contributed by atoms with E-state index in [0.29, 0.717) is 32.7 Å². The Kier molecular flexibility index (Phi) is 4.82. The van der Waals surface area contributed by atoms with Crippen molar-refractivity contribution in [2.24, 2.45) is 17.6 Å². The minimum atomic E-state index is -1.06. The van der Waals surface area contributed by atoms with Gasteiger partial charge in [-0.1, -0.05) is 0 Å². The zero-order valence-electron chi connectivity index (χ0n) is 17.6. The van der Waals surface area contributed by atoms with E-state index in [9.17, 15) is 14.3 Å². The second kappa shape index (κ2) is 7.64. The minimum absolute atomic E-state index is 0.00454. The van der Waals surface area contributed by atoms with E-state index in [1.54, 1.807) is 7.05 Å². The molecule has 0 aliphatic heterocycles. The molecule has 11 heteroatoms. The number of nitrogens with one attached hydrogen (secondary N) is 2. The van der Waals surface area contributed by atoms with Crippen LogP contribution in [0, 0.1) is 17.7 Å². The number of carboxylic acid groups (broad SMARTS) is 1. The molecule has 170 valence electrons. The van der Waals surface area contributed by atoms with E-state index < -0.39 is 5.97 Å². The zero-order valence-corrected chi connectivity index (χ0v) is 19.3. The molecular formula is C22H21FN6O2S2. The van der Waals surface area contributed by atoms with Crippen LogP contribution in [0.1, 0.15) is 41.4 Å². The summed E-state index contributed by atoms with van der Waals surface area (Å²) in [7, 11) is 1.76. The Labute approximate surface area is 196 Å². The molecule has 3 heterocycles. The molecule has 0 bridgehead atoms. The van der Waals surface area contributed by atoms with Gasteiger partial charge >= 0.3 is 5.97 Å². The Bertz CT molecular complexity index is 1420. The number of halogens is 1. The highest BCUT2D eigenvalue weighted by molar-refractivity contribution is 8.00. The van der Waals surface area contributed by atoms with E-state index in [1.807, 2.05) is 0 Å². The van der Waals surface area contributed by atoms with Gasteiger partial charge in [0, 0.05) is 35.2 Å². The molecule has 6 rings (SSSR count). The van der Waals surface area contributed by atoms with E-state index in [1.165, 1.54) is 40.6 Å². The first-order valence-electron chi connectivity index (χ1n) is 10.7. The number of thiazole rings is 1. The first-order valence-corrected chi connectivity index (χ1v) is 12.4. The molecule has 8 nitrogen and oxygen atoms in total. The molecular weight excluding hydrogens is 463 g/mol. The van der Waals surface area contributed by atoms with Crippen molar-refractivity contribution in [3.63, 3.8) is 0 Å². The number of H-pyrrole nitrogens is 1. The van der Waals surface area contributed by atoms with Crippen LogP contribution in [0.3, 0.4) is 0 Å². The van der Waals surface area contributed by atoms with E-state index in [4.69, 9.17) is 15.7 Å². The van der Waals surface area contributed by atoms with Gasteiger partial charge in [-0.3, -0.25) is 0 Å². The number of anilines is 1. The molecule has 1 aromatic carbocycles. The molecule has 2 aliphatic rings. The number of carbonyl (C=O) groups is 1. The number of nitrogens with two attached hydrogens (primary N) is 1. The monoisotopic (exact) mass is 484 g/mol. The third-order valence-corrected chi connectivity index (χ3v) is 8.75. The van der Waals surface area contributed by atoms with E-state index >= 15 is 0 Å². The van der Waals surface area contributed by atoms with Gasteiger partial charge in [0.2, 0.25) is 0 Å². The van der Waals surface area contributed by atoms with Gasteiger partial charge in [0.15, 0.2) is 15.2 Å². The van der Waals surface area contributed by atoms with Gasteiger partial charge in [-0.25, -0.2) is 24.1 Å². The van der Waals surface area contributed by atoms with E-state index in [-0.39, 0.29) is 23.5 Å². The second-order valence-electron chi connectivity index (χ2n) is 8.76. The van der Waals surface area contributed by atoms with Crippen molar-refractivity contribution >= 4 is 56.7 Å². The summed E-state index contributed by atoms with van der Waals surface area (Å²) in [5.41, 5.74) is 9.23. The molecule has 0 spiro atoms. The van der Waals surface area contributed by atoms with Crippen molar-refractivity contribution < 1.29 is 14.3 Å². The maximum absolute atomic E-state index is 14.4. The van der Waals surface area contributed by atoms with E-state index in [2.05, 4.69) is 15.3 Å². The van der Waals surface area contributed by atoms with Crippen LogP contribution in [-0.2, 0) is 0 Å². The minimum Gasteiger partial charge on any atom is -0.476 e. The summed E-state index contributed by atoms with van der Waals surface area (Å²) < 4.78 is 15.0. The van der Waals surface area contributed by atoms with Crippen molar-refractivity contribution in [3.8, 4) is 0 Å². The average Bonchev–Trinajstić information content (AvgIpc) is 3.48. The smallest absolute Gasteiger partial charge is 0.355 e. The third kappa shape index (κ3) is 3.37. The fraction of sp³-hybridized carbons (Fsp3) is 0.364. The number of aromatic nitrogens is 4. The summed E-state index contributed by atoms with van der Waals surface area (Å²) >= 11 is 2.49. The number of benzene rings is 1. The number of carboxylic acids is 1. The van der Waals surface area contributed by atoms with Crippen molar-refractivity contribution in [3.05, 3.63) is 34.7 Å². The summed E-state index contributed by atoms with van der Waals surface area (Å²) in [4.78, 5) is 28.3. The van der Waals surface area contributed by atoms with Crippen LogP contribution in [0.4, 0.5) is 10.1 Å². The number of fused-ring (bicyclic) bond motifs is 4. The molecule has 2 aliphatic carbocycles. The predicted molar refractivity (Wildman–Crippen MR) is 126 cm³/mol. The van der Waals surface area contributed by atoms with E-state index in [0.717, 1.165) is 41.2 Å². The Morgan fingerprint density at radius 2 is 2.15 bits per heavy atom. The molecule has 33 heavy (non-hydrogen) atoms. The topological polar surface area (TPSA) is 130 Å². The Hall–Kier alpha value is -2.76. The molecule has 0 amide bonds. The normalized spacial score (nSPS) is 24.2. The summed E-state index contributed by atoms with van der Waals surface area (Å²) in [5.74, 6) is -0.0644. The highest BCUT2D eigenvalue weighted by atomic mass is 32.2. The van der Waals surface area contributed by atoms with Crippen LogP contribution in [0.2, 0.25) is 0 Å². The van der Waals surface area contributed by atoms with Gasteiger partial charge in [0.25, 0.3) is 0 Å². The lowest BCUT2D eigenvalue weighted by atomic mass is 9.72. The number of aromatic amines is 1. The second-order valence-corrected chi connectivity index (χ2v) is 10.8. The molecule has 2 fully saturated rings.